The predicted molar refractivity (Wildman–Crippen MR) is 116 cm³/mol. The molecule has 0 aromatic rings. The number of halogens is 4. The van der Waals surface area contributed by atoms with Crippen molar-refractivity contribution in [1.82, 2.24) is 15.1 Å². The highest BCUT2D eigenvalue weighted by molar-refractivity contribution is 14.0. The van der Waals surface area contributed by atoms with Gasteiger partial charge in [0, 0.05) is 31.9 Å². The number of aliphatic hydroxyl groups is 1. The maximum atomic E-state index is 12.6. The van der Waals surface area contributed by atoms with Crippen LogP contribution in [0, 0.1) is 5.92 Å². The van der Waals surface area contributed by atoms with Gasteiger partial charge in [-0.1, -0.05) is 6.92 Å². The zero-order valence-corrected chi connectivity index (χ0v) is 19.2. The van der Waals surface area contributed by atoms with Gasteiger partial charge in [-0.2, -0.15) is 24.9 Å². The van der Waals surface area contributed by atoms with E-state index in [9.17, 15) is 18.3 Å². The SMILES string of the molecule is CCNC(=NCC1(O)CCSC1)N1CCC(CN(CC)CC(F)(F)F)C1.I. The fourth-order valence-corrected chi connectivity index (χ4v) is 4.75. The van der Waals surface area contributed by atoms with Crippen molar-refractivity contribution >= 4 is 41.7 Å². The van der Waals surface area contributed by atoms with Crippen LogP contribution in [-0.2, 0) is 0 Å². The van der Waals surface area contributed by atoms with E-state index >= 15 is 0 Å². The molecule has 0 aromatic heterocycles. The number of nitrogens with one attached hydrogen (secondary N) is 1. The van der Waals surface area contributed by atoms with Crippen molar-refractivity contribution in [2.75, 3.05) is 57.3 Å². The maximum Gasteiger partial charge on any atom is 0.401 e. The van der Waals surface area contributed by atoms with Gasteiger partial charge in [0.1, 0.15) is 0 Å². The summed E-state index contributed by atoms with van der Waals surface area (Å²) in [5.41, 5.74) is -0.726. The summed E-state index contributed by atoms with van der Waals surface area (Å²) in [4.78, 5) is 8.20. The van der Waals surface area contributed by atoms with Gasteiger partial charge in [-0.3, -0.25) is 9.89 Å². The van der Waals surface area contributed by atoms with Gasteiger partial charge in [-0.05, 0) is 38.0 Å². The number of nitrogens with zero attached hydrogens (tertiary/aromatic N) is 3. The summed E-state index contributed by atoms with van der Waals surface area (Å²) in [6.07, 6.45) is -2.54. The first-order chi connectivity index (χ1) is 12.2. The second-order valence-electron chi connectivity index (χ2n) is 7.24. The standard InChI is InChI=1S/C17H31F3N4OS.HI/c1-3-21-15(22-11-16(25)6-8-26-13-16)24-7-5-14(10-24)9-23(4-2)12-17(18,19)20;/h14,25H,3-13H2,1-2H3,(H,21,22);1H. The van der Waals surface area contributed by atoms with E-state index in [0.717, 1.165) is 37.6 Å². The number of hydrogen-bond acceptors (Lipinski definition) is 4. The highest BCUT2D eigenvalue weighted by Gasteiger charge is 2.34. The Labute approximate surface area is 181 Å². The molecule has 2 rings (SSSR count). The Morgan fingerprint density at radius 3 is 2.70 bits per heavy atom. The van der Waals surface area contributed by atoms with Crippen molar-refractivity contribution in [3.63, 3.8) is 0 Å². The van der Waals surface area contributed by atoms with E-state index in [1.807, 2.05) is 6.92 Å². The van der Waals surface area contributed by atoms with E-state index in [1.165, 1.54) is 4.90 Å². The number of aliphatic imine (C=N–C) groups is 1. The van der Waals surface area contributed by atoms with Crippen molar-refractivity contribution in [3.8, 4) is 0 Å². The number of rotatable bonds is 7. The van der Waals surface area contributed by atoms with Crippen LogP contribution in [0.5, 0.6) is 0 Å². The average molecular weight is 524 g/mol. The van der Waals surface area contributed by atoms with Crippen molar-refractivity contribution < 1.29 is 18.3 Å². The van der Waals surface area contributed by atoms with Crippen LogP contribution in [0.2, 0.25) is 0 Å². The molecule has 160 valence electrons. The van der Waals surface area contributed by atoms with Crippen LogP contribution in [0.3, 0.4) is 0 Å². The van der Waals surface area contributed by atoms with Crippen LogP contribution in [-0.4, -0.2) is 90.0 Å². The normalized spacial score (nSPS) is 26.6. The molecule has 2 unspecified atom stereocenters. The summed E-state index contributed by atoms with van der Waals surface area (Å²) in [5.74, 6) is 2.63. The zero-order valence-electron chi connectivity index (χ0n) is 16.1. The molecule has 2 N–H and O–H groups in total. The maximum absolute atomic E-state index is 12.6. The third-order valence-corrected chi connectivity index (χ3v) is 6.13. The number of thioether (sulfide) groups is 1. The number of guanidine groups is 1. The van der Waals surface area contributed by atoms with Gasteiger partial charge in [-0.25, -0.2) is 0 Å². The van der Waals surface area contributed by atoms with E-state index < -0.39 is 18.3 Å². The highest BCUT2D eigenvalue weighted by Crippen LogP contribution is 2.28. The van der Waals surface area contributed by atoms with Gasteiger partial charge in [0.05, 0.1) is 18.7 Å². The first-order valence-corrected chi connectivity index (χ1v) is 10.5. The van der Waals surface area contributed by atoms with Gasteiger partial charge in [0.2, 0.25) is 0 Å². The minimum atomic E-state index is -4.15. The molecule has 2 saturated heterocycles. The summed E-state index contributed by atoms with van der Waals surface area (Å²) in [7, 11) is 0. The van der Waals surface area contributed by atoms with E-state index in [0.29, 0.717) is 31.9 Å². The van der Waals surface area contributed by atoms with Gasteiger partial charge in [0.25, 0.3) is 0 Å². The number of alkyl halides is 3. The molecule has 0 radical (unpaired) electrons. The number of hydrogen-bond donors (Lipinski definition) is 2. The molecule has 0 spiro atoms. The lowest BCUT2D eigenvalue weighted by Gasteiger charge is -2.26. The monoisotopic (exact) mass is 524 g/mol. The van der Waals surface area contributed by atoms with E-state index in [1.54, 1.807) is 18.7 Å². The molecule has 2 heterocycles. The fourth-order valence-electron chi connectivity index (χ4n) is 3.47. The number of likely N-dealkylation sites (tertiary alicyclic amines) is 1. The van der Waals surface area contributed by atoms with Gasteiger partial charge >= 0.3 is 6.18 Å². The molecule has 2 atom stereocenters. The molecule has 0 amide bonds. The van der Waals surface area contributed by atoms with Crippen LogP contribution in [0.4, 0.5) is 13.2 Å². The summed E-state index contributed by atoms with van der Waals surface area (Å²) >= 11 is 1.74. The minimum Gasteiger partial charge on any atom is -0.387 e. The molecule has 0 aliphatic carbocycles. The molecule has 0 bridgehead atoms. The molecular weight excluding hydrogens is 492 g/mol. The Bertz CT molecular complexity index is 476. The van der Waals surface area contributed by atoms with Crippen molar-refractivity contribution in [3.05, 3.63) is 0 Å². The first kappa shape index (κ1) is 25.1. The summed E-state index contributed by atoms with van der Waals surface area (Å²) in [6, 6.07) is 0. The fraction of sp³-hybridized carbons (Fsp3) is 0.941. The first-order valence-electron chi connectivity index (χ1n) is 9.37. The Kier molecular flexibility index (Phi) is 10.5. The van der Waals surface area contributed by atoms with Crippen molar-refractivity contribution in [2.45, 2.75) is 38.5 Å². The van der Waals surface area contributed by atoms with Gasteiger partial charge in [0.15, 0.2) is 5.96 Å². The second kappa shape index (κ2) is 11.3. The molecule has 27 heavy (non-hydrogen) atoms. The van der Waals surface area contributed by atoms with E-state index in [-0.39, 0.29) is 29.9 Å². The van der Waals surface area contributed by atoms with Crippen LogP contribution in [0.15, 0.2) is 4.99 Å². The largest absolute Gasteiger partial charge is 0.401 e. The summed E-state index contributed by atoms with van der Waals surface area (Å²) in [5, 5.41) is 13.7. The molecule has 0 aromatic carbocycles. The Hall–Kier alpha value is 0.0600. The lowest BCUT2D eigenvalue weighted by atomic mass is 10.1. The van der Waals surface area contributed by atoms with Gasteiger partial charge in [-0.15, -0.1) is 24.0 Å². The lowest BCUT2D eigenvalue weighted by molar-refractivity contribution is -0.146. The molecule has 2 aliphatic rings. The molecule has 2 fully saturated rings. The van der Waals surface area contributed by atoms with Crippen LogP contribution < -0.4 is 5.32 Å². The Morgan fingerprint density at radius 1 is 1.41 bits per heavy atom. The lowest BCUT2D eigenvalue weighted by Crippen LogP contribution is -2.43. The molecule has 10 heteroatoms. The van der Waals surface area contributed by atoms with Crippen molar-refractivity contribution in [2.24, 2.45) is 10.9 Å². The Balaban J connectivity index is 0.00000364. The zero-order chi connectivity index (χ0) is 19.2. The third-order valence-electron chi connectivity index (χ3n) is 4.89. The van der Waals surface area contributed by atoms with Crippen LogP contribution >= 0.6 is 35.7 Å². The summed E-state index contributed by atoms with van der Waals surface area (Å²) < 4.78 is 37.9. The summed E-state index contributed by atoms with van der Waals surface area (Å²) in [6.45, 7) is 6.34. The quantitative estimate of drug-likeness (QED) is 0.305. The highest BCUT2D eigenvalue weighted by atomic mass is 127. The predicted octanol–water partition coefficient (Wildman–Crippen LogP) is 2.64. The topological polar surface area (TPSA) is 51.1 Å². The van der Waals surface area contributed by atoms with Crippen LogP contribution in [0.1, 0.15) is 26.7 Å². The molecule has 2 aliphatic heterocycles. The molecule has 0 saturated carbocycles. The Morgan fingerprint density at radius 2 is 2.15 bits per heavy atom. The average Bonchev–Trinajstić information content (AvgIpc) is 3.19. The van der Waals surface area contributed by atoms with Crippen molar-refractivity contribution in [1.29, 1.82) is 0 Å². The van der Waals surface area contributed by atoms with Gasteiger partial charge < -0.3 is 15.3 Å². The van der Waals surface area contributed by atoms with E-state index in [2.05, 4.69) is 15.2 Å². The second-order valence-corrected chi connectivity index (χ2v) is 8.35. The molecular formula is C17H32F3IN4OS. The van der Waals surface area contributed by atoms with Crippen LogP contribution in [0.25, 0.3) is 0 Å². The minimum absolute atomic E-state index is 0. The molecule has 5 nitrogen and oxygen atoms in total. The van der Waals surface area contributed by atoms with E-state index in [4.69, 9.17) is 0 Å². The smallest absolute Gasteiger partial charge is 0.387 e. The third kappa shape index (κ3) is 8.53.